The number of hydrogen-bond donors (Lipinski definition) is 3. The first-order valence-corrected chi connectivity index (χ1v) is 7.66. The number of nitrogens with zero attached hydrogens (tertiary/aromatic N) is 2. The third kappa shape index (κ3) is 3.64. The molecule has 0 spiro atoms. The van der Waals surface area contributed by atoms with E-state index in [9.17, 15) is 4.21 Å². The van der Waals surface area contributed by atoms with Gasteiger partial charge in [-0.25, -0.2) is 15.8 Å². The van der Waals surface area contributed by atoms with Crippen molar-refractivity contribution in [2.45, 2.75) is 25.7 Å². The largest absolute Gasteiger partial charge is 0.369 e. The van der Waals surface area contributed by atoms with Gasteiger partial charge in [0.2, 0.25) is 0 Å². The Hall–Kier alpha value is -1.21. The standard InChI is InChI=1S/C11H19N5OS/c1-2-18(17)6-5-13-9-7-10(16-12)15-11(14-9)8-3-4-8/h7-8H,2-6,12H2,1H3,(H2,13,14,15,16). The third-order valence-corrected chi connectivity index (χ3v) is 4.10. The fourth-order valence-electron chi connectivity index (χ4n) is 1.59. The SMILES string of the molecule is CCS(=O)CCNc1cc(NN)nc(C2CC2)n1. The van der Waals surface area contributed by atoms with Crippen molar-refractivity contribution in [2.24, 2.45) is 5.84 Å². The number of nitrogens with two attached hydrogens (primary N) is 1. The average Bonchev–Trinajstić information content (AvgIpc) is 3.22. The molecule has 1 aliphatic carbocycles. The van der Waals surface area contributed by atoms with Gasteiger partial charge in [-0.1, -0.05) is 6.92 Å². The second kappa shape index (κ2) is 6.10. The van der Waals surface area contributed by atoms with E-state index in [2.05, 4.69) is 20.7 Å². The van der Waals surface area contributed by atoms with Crippen LogP contribution in [-0.2, 0) is 10.8 Å². The lowest BCUT2D eigenvalue weighted by molar-refractivity contribution is 0.684. The molecule has 100 valence electrons. The summed E-state index contributed by atoms with van der Waals surface area (Å²) in [6.45, 7) is 2.56. The van der Waals surface area contributed by atoms with Crippen molar-refractivity contribution in [2.75, 3.05) is 28.8 Å². The molecule has 1 aliphatic rings. The molecular formula is C11H19N5OS. The summed E-state index contributed by atoms with van der Waals surface area (Å²) in [6.07, 6.45) is 2.29. The van der Waals surface area contributed by atoms with Gasteiger partial charge in [0, 0.05) is 40.8 Å². The second-order valence-corrected chi connectivity index (χ2v) is 6.14. The molecule has 1 fully saturated rings. The third-order valence-electron chi connectivity index (χ3n) is 2.79. The van der Waals surface area contributed by atoms with Crippen LogP contribution in [0.15, 0.2) is 6.07 Å². The minimum atomic E-state index is -0.756. The van der Waals surface area contributed by atoms with Gasteiger partial charge in [0.1, 0.15) is 17.5 Å². The highest BCUT2D eigenvalue weighted by Crippen LogP contribution is 2.38. The van der Waals surface area contributed by atoms with Gasteiger partial charge < -0.3 is 10.7 Å². The summed E-state index contributed by atoms with van der Waals surface area (Å²) in [5.41, 5.74) is 2.55. The fraction of sp³-hybridized carbons (Fsp3) is 0.636. The van der Waals surface area contributed by atoms with E-state index >= 15 is 0 Å². The van der Waals surface area contributed by atoms with Crippen LogP contribution in [0.2, 0.25) is 0 Å². The molecule has 0 aromatic carbocycles. The van der Waals surface area contributed by atoms with Crippen molar-refractivity contribution in [3.05, 3.63) is 11.9 Å². The van der Waals surface area contributed by atoms with E-state index in [1.807, 2.05) is 6.92 Å². The van der Waals surface area contributed by atoms with Gasteiger partial charge in [0.15, 0.2) is 0 Å². The predicted octanol–water partition coefficient (Wildman–Crippen LogP) is 0.820. The molecule has 0 aliphatic heterocycles. The topological polar surface area (TPSA) is 92.9 Å². The summed E-state index contributed by atoms with van der Waals surface area (Å²) in [4.78, 5) is 8.78. The smallest absolute Gasteiger partial charge is 0.145 e. The Morgan fingerprint density at radius 1 is 1.44 bits per heavy atom. The zero-order valence-corrected chi connectivity index (χ0v) is 11.3. The Balaban J connectivity index is 1.98. The number of aromatic nitrogens is 2. The van der Waals surface area contributed by atoms with Crippen LogP contribution in [0.3, 0.4) is 0 Å². The van der Waals surface area contributed by atoms with Gasteiger partial charge in [-0.15, -0.1) is 0 Å². The Morgan fingerprint density at radius 3 is 2.78 bits per heavy atom. The zero-order valence-electron chi connectivity index (χ0n) is 10.5. The van der Waals surface area contributed by atoms with Gasteiger partial charge in [-0.05, 0) is 12.8 Å². The van der Waals surface area contributed by atoms with Gasteiger partial charge in [0.05, 0.1) is 0 Å². The lowest BCUT2D eigenvalue weighted by Crippen LogP contribution is -2.15. The Kier molecular flexibility index (Phi) is 4.48. The van der Waals surface area contributed by atoms with Crippen LogP contribution in [0.5, 0.6) is 0 Å². The normalized spacial score (nSPS) is 16.3. The Bertz CT molecular complexity index is 435. The molecule has 1 aromatic rings. The highest BCUT2D eigenvalue weighted by atomic mass is 32.2. The zero-order chi connectivity index (χ0) is 13.0. The van der Waals surface area contributed by atoms with Crippen LogP contribution in [0.4, 0.5) is 11.6 Å². The molecule has 1 aromatic heterocycles. The molecule has 0 amide bonds. The number of hydrogen-bond acceptors (Lipinski definition) is 6. The molecule has 7 heteroatoms. The molecular weight excluding hydrogens is 250 g/mol. The highest BCUT2D eigenvalue weighted by molar-refractivity contribution is 7.84. The van der Waals surface area contributed by atoms with E-state index in [-0.39, 0.29) is 0 Å². The quantitative estimate of drug-likeness (QED) is 0.501. The van der Waals surface area contributed by atoms with Gasteiger partial charge in [-0.2, -0.15) is 0 Å². The van der Waals surface area contributed by atoms with E-state index in [0.29, 0.717) is 29.8 Å². The lowest BCUT2D eigenvalue weighted by Gasteiger charge is -2.09. The van der Waals surface area contributed by atoms with Crippen molar-refractivity contribution >= 4 is 22.4 Å². The summed E-state index contributed by atoms with van der Waals surface area (Å²) < 4.78 is 11.3. The van der Waals surface area contributed by atoms with E-state index in [1.54, 1.807) is 6.07 Å². The first-order chi connectivity index (χ1) is 8.72. The molecule has 1 saturated carbocycles. The summed E-state index contributed by atoms with van der Waals surface area (Å²) in [5, 5.41) is 3.17. The Morgan fingerprint density at radius 2 is 2.17 bits per heavy atom. The van der Waals surface area contributed by atoms with E-state index in [1.165, 1.54) is 0 Å². The van der Waals surface area contributed by atoms with E-state index in [0.717, 1.165) is 24.5 Å². The molecule has 0 radical (unpaired) electrons. The maximum atomic E-state index is 11.3. The minimum Gasteiger partial charge on any atom is -0.369 e. The van der Waals surface area contributed by atoms with Crippen molar-refractivity contribution in [3.63, 3.8) is 0 Å². The van der Waals surface area contributed by atoms with Crippen molar-refractivity contribution in [1.29, 1.82) is 0 Å². The van der Waals surface area contributed by atoms with Crippen LogP contribution < -0.4 is 16.6 Å². The second-order valence-electron chi connectivity index (χ2n) is 4.27. The van der Waals surface area contributed by atoms with E-state index < -0.39 is 10.8 Å². The predicted molar refractivity (Wildman–Crippen MR) is 73.9 cm³/mol. The van der Waals surface area contributed by atoms with Gasteiger partial charge in [0.25, 0.3) is 0 Å². The van der Waals surface area contributed by atoms with E-state index in [4.69, 9.17) is 5.84 Å². The summed E-state index contributed by atoms with van der Waals surface area (Å²) in [7, 11) is -0.756. The first kappa shape index (κ1) is 13.2. The molecule has 0 saturated heterocycles. The highest BCUT2D eigenvalue weighted by Gasteiger charge is 2.27. The minimum absolute atomic E-state index is 0.476. The summed E-state index contributed by atoms with van der Waals surface area (Å²) in [6, 6.07) is 1.76. The fourth-order valence-corrected chi connectivity index (χ4v) is 2.21. The van der Waals surface area contributed by atoms with Crippen LogP contribution in [0.1, 0.15) is 31.5 Å². The van der Waals surface area contributed by atoms with Gasteiger partial charge >= 0.3 is 0 Å². The number of anilines is 2. The lowest BCUT2D eigenvalue weighted by atomic mass is 10.4. The van der Waals surface area contributed by atoms with Crippen molar-refractivity contribution in [1.82, 2.24) is 9.97 Å². The number of rotatable bonds is 7. The molecule has 1 unspecified atom stereocenters. The molecule has 1 atom stereocenters. The summed E-state index contributed by atoms with van der Waals surface area (Å²) >= 11 is 0. The van der Waals surface area contributed by atoms with Crippen LogP contribution in [0.25, 0.3) is 0 Å². The average molecular weight is 269 g/mol. The molecule has 0 bridgehead atoms. The molecule has 4 N–H and O–H groups in total. The van der Waals surface area contributed by atoms with Crippen molar-refractivity contribution in [3.8, 4) is 0 Å². The number of hydrazine groups is 1. The number of nitrogen functional groups attached to an aromatic ring is 1. The van der Waals surface area contributed by atoms with Crippen LogP contribution >= 0.6 is 0 Å². The van der Waals surface area contributed by atoms with Crippen molar-refractivity contribution < 1.29 is 4.21 Å². The maximum Gasteiger partial charge on any atom is 0.145 e. The molecule has 1 heterocycles. The molecule has 2 rings (SSSR count). The maximum absolute atomic E-state index is 11.3. The monoisotopic (exact) mass is 269 g/mol. The van der Waals surface area contributed by atoms with Crippen LogP contribution in [-0.4, -0.2) is 32.2 Å². The molecule has 6 nitrogen and oxygen atoms in total. The number of nitrogens with one attached hydrogen (secondary N) is 2. The molecule has 18 heavy (non-hydrogen) atoms. The first-order valence-electron chi connectivity index (χ1n) is 6.17. The summed E-state index contributed by atoms with van der Waals surface area (Å²) in [5.74, 6) is 9.38. The van der Waals surface area contributed by atoms with Gasteiger partial charge in [-0.3, -0.25) is 4.21 Å². The Labute approximate surface area is 109 Å². The van der Waals surface area contributed by atoms with Crippen LogP contribution in [0, 0.1) is 0 Å².